The van der Waals surface area contributed by atoms with Crippen LogP contribution in [0, 0.1) is 19.8 Å². The molecule has 1 N–H and O–H groups in total. The average molecular weight is 290 g/mol. The summed E-state index contributed by atoms with van der Waals surface area (Å²) in [5.41, 5.74) is 1.87. The second-order valence-corrected chi connectivity index (χ2v) is 5.44. The number of nitrogens with zero attached hydrogens (tertiary/aromatic N) is 3. The summed E-state index contributed by atoms with van der Waals surface area (Å²) >= 11 is 0. The van der Waals surface area contributed by atoms with E-state index in [2.05, 4.69) is 15.3 Å². The molecule has 0 bridgehead atoms. The van der Waals surface area contributed by atoms with E-state index < -0.39 is 0 Å². The van der Waals surface area contributed by atoms with E-state index in [0.717, 1.165) is 17.2 Å². The number of carbonyl (C=O) groups excluding carboxylic acids is 2. The van der Waals surface area contributed by atoms with Gasteiger partial charge in [0.1, 0.15) is 5.82 Å². The molecule has 6 heteroatoms. The molecule has 1 atom stereocenters. The van der Waals surface area contributed by atoms with Gasteiger partial charge in [0.25, 0.3) is 0 Å². The molecule has 1 aliphatic rings. The lowest BCUT2D eigenvalue weighted by Gasteiger charge is -2.13. The first kappa shape index (κ1) is 15.4. The Labute approximate surface area is 125 Å². The third-order valence-corrected chi connectivity index (χ3v) is 3.64. The summed E-state index contributed by atoms with van der Waals surface area (Å²) < 4.78 is 0. The molecule has 114 valence electrons. The quantitative estimate of drug-likeness (QED) is 0.862. The Morgan fingerprint density at radius 3 is 2.62 bits per heavy atom. The van der Waals surface area contributed by atoms with Gasteiger partial charge in [-0.1, -0.05) is 0 Å². The van der Waals surface area contributed by atoms with Crippen molar-refractivity contribution in [3.8, 4) is 0 Å². The van der Waals surface area contributed by atoms with Crippen LogP contribution in [0.1, 0.15) is 30.6 Å². The highest BCUT2D eigenvalue weighted by Crippen LogP contribution is 2.17. The van der Waals surface area contributed by atoms with Crippen molar-refractivity contribution in [3.63, 3.8) is 0 Å². The normalized spacial score (nSPS) is 18.1. The summed E-state index contributed by atoms with van der Waals surface area (Å²) in [6.45, 7) is 7.48. The fraction of sp³-hybridized carbons (Fsp3) is 0.600. The fourth-order valence-electron chi connectivity index (χ4n) is 2.61. The number of nitrogens with one attached hydrogen (secondary N) is 1. The zero-order valence-corrected chi connectivity index (χ0v) is 12.8. The first-order valence-corrected chi connectivity index (χ1v) is 7.36. The highest BCUT2D eigenvalue weighted by atomic mass is 16.2. The summed E-state index contributed by atoms with van der Waals surface area (Å²) in [6, 6.07) is 1.92. The van der Waals surface area contributed by atoms with Crippen LogP contribution >= 0.6 is 0 Å². The molecule has 6 nitrogen and oxygen atoms in total. The van der Waals surface area contributed by atoms with Crippen molar-refractivity contribution in [1.82, 2.24) is 20.2 Å². The molecule has 1 aromatic rings. The SMILES string of the molecule is CCN1C[C@H](C(=O)NCCc2nc(C)cc(C)n2)CC1=O. The lowest BCUT2D eigenvalue weighted by atomic mass is 10.1. The van der Waals surface area contributed by atoms with Gasteiger partial charge in [0.15, 0.2) is 0 Å². The Morgan fingerprint density at radius 2 is 2.05 bits per heavy atom. The minimum Gasteiger partial charge on any atom is -0.355 e. The van der Waals surface area contributed by atoms with Gasteiger partial charge >= 0.3 is 0 Å². The van der Waals surface area contributed by atoms with Crippen LogP contribution in [0.4, 0.5) is 0 Å². The predicted molar refractivity (Wildman–Crippen MR) is 78.6 cm³/mol. The predicted octanol–water partition coefficient (Wildman–Crippen LogP) is 0.621. The largest absolute Gasteiger partial charge is 0.355 e. The monoisotopic (exact) mass is 290 g/mol. The molecule has 0 aromatic carbocycles. The van der Waals surface area contributed by atoms with Crippen molar-refractivity contribution in [2.24, 2.45) is 5.92 Å². The lowest BCUT2D eigenvalue weighted by Crippen LogP contribution is -2.34. The summed E-state index contributed by atoms with van der Waals surface area (Å²) in [5.74, 6) is 0.530. The van der Waals surface area contributed by atoms with Crippen LogP contribution in [-0.4, -0.2) is 46.3 Å². The average Bonchev–Trinajstić information content (AvgIpc) is 2.79. The number of aryl methyl sites for hydroxylation is 2. The van der Waals surface area contributed by atoms with Gasteiger partial charge in [-0.05, 0) is 26.8 Å². The summed E-state index contributed by atoms with van der Waals surface area (Å²) in [6.07, 6.45) is 0.923. The zero-order chi connectivity index (χ0) is 15.4. The first-order valence-electron chi connectivity index (χ1n) is 7.36. The molecule has 1 aliphatic heterocycles. The van der Waals surface area contributed by atoms with Crippen LogP contribution in [-0.2, 0) is 16.0 Å². The molecule has 2 heterocycles. The van der Waals surface area contributed by atoms with E-state index >= 15 is 0 Å². The Morgan fingerprint density at radius 1 is 1.38 bits per heavy atom. The Hall–Kier alpha value is -1.98. The number of aromatic nitrogens is 2. The molecule has 2 amide bonds. The van der Waals surface area contributed by atoms with Gasteiger partial charge < -0.3 is 10.2 Å². The highest BCUT2D eigenvalue weighted by molar-refractivity contribution is 5.89. The van der Waals surface area contributed by atoms with E-state index in [1.165, 1.54) is 0 Å². The van der Waals surface area contributed by atoms with Crippen molar-refractivity contribution in [1.29, 1.82) is 0 Å². The van der Waals surface area contributed by atoms with E-state index in [-0.39, 0.29) is 17.7 Å². The van der Waals surface area contributed by atoms with Crippen molar-refractivity contribution in [3.05, 3.63) is 23.3 Å². The Bertz CT molecular complexity index is 524. The summed E-state index contributed by atoms with van der Waals surface area (Å²) in [5, 5.41) is 2.88. The maximum Gasteiger partial charge on any atom is 0.225 e. The number of carbonyl (C=O) groups is 2. The van der Waals surface area contributed by atoms with Gasteiger partial charge in [-0.2, -0.15) is 0 Å². The molecular weight excluding hydrogens is 268 g/mol. The summed E-state index contributed by atoms with van der Waals surface area (Å²) in [7, 11) is 0. The molecule has 0 radical (unpaired) electrons. The fourth-order valence-corrected chi connectivity index (χ4v) is 2.61. The lowest BCUT2D eigenvalue weighted by molar-refractivity contribution is -0.128. The van der Waals surface area contributed by atoms with Crippen LogP contribution in [0.2, 0.25) is 0 Å². The second kappa shape index (κ2) is 6.65. The number of likely N-dealkylation sites (tertiary alicyclic amines) is 1. The van der Waals surface area contributed by atoms with E-state index in [1.54, 1.807) is 4.90 Å². The molecule has 0 unspecified atom stereocenters. The molecule has 1 fully saturated rings. The smallest absolute Gasteiger partial charge is 0.225 e. The Balaban J connectivity index is 1.81. The highest BCUT2D eigenvalue weighted by Gasteiger charge is 2.32. The van der Waals surface area contributed by atoms with Gasteiger partial charge in [0, 0.05) is 43.9 Å². The van der Waals surface area contributed by atoms with Gasteiger partial charge in [-0.3, -0.25) is 9.59 Å². The molecule has 1 aromatic heterocycles. The number of amides is 2. The third-order valence-electron chi connectivity index (χ3n) is 3.64. The van der Waals surface area contributed by atoms with Gasteiger partial charge in [0.2, 0.25) is 11.8 Å². The van der Waals surface area contributed by atoms with Crippen LogP contribution in [0.5, 0.6) is 0 Å². The van der Waals surface area contributed by atoms with Crippen LogP contribution in [0.15, 0.2) is 6.07 Å². The van der Waals surface area contributed by atoms with E-state index in [4.69, 9.17) is 0 Å². The van der Waals surface area contributed by atoms with E-state index in [1.807, 2.05) is 26.8 Å². The van der Waals surface area contributed by atoms with Crippen molar-refractivity contribution < 1.29 is 9.59 Å². The number of hydrogen-bond donors (Lipinski definition) is 1. The topological polar surface area (TPSA) is 75.2 Å². The van der Waals surface area contributed by atoms with E-state index in [9.17, 15) is 9.59 Å². The molecule has 1 saturated heterocycles. The third kappa shape index (κ3) is 4.00. The summed E-state index contributed by atoms with van der Waals surface area (Å²) in [4.78, 5) is 34.1. The molecule has 2 rings (SSSR count). The standard InChI is InChI=1S/C15H22N4O2/c1-4-19-9-12(8-14(19)20)15(21)16-6-5-13-17-10(2)7-11(3)18-13/h7,12H,4-6,8-9H2,1-3H3,(H,16,21)/t12-/m1/s1. The van der Waals surface area contributed by atoms with Crippen LogP contribution in [0.3, 0.4) is 0 Å². The van der Waals surface area contributed by atoms with Crippen molar-refractivity contribution in [2.45, 2.75) is 33.6 Å². The molecule has 0 spiro atoms. The van der Waals surface area contributed by atoms with Crippen molar-refractivity contribution >= 4 is 11.8 Å². The minimum atomic E-state index is -0.224. The number of rotatable bonds is 5. The van der Waals surface area contributed by atoms with Gasteiger partial charge in [-0.15, -0.1) is 0 Å². The minimum absolute atomic E-state index is 0.0522. The second-order valence-electron chi connectivity index (χ2n) is 5.44. The number of hydrogen-bond acceptors (Lipinski definition) is 4. The maximum atomic E-state index is 12.0. The van der Waals surface area contributed by atoms with Gasteiger partial charge in [0.05, 0.1) is 5.92 Å². The Kier molecular flexibility index (Phi) is 4.88. The van der Waals surface area contributed by atoms with Crippen LogP contribution < -0.4 is 5.32 Å². The molecular formula is C15H22N4O2. The molecule has 0 aliphatic carbocycles. The molecule has 0 saturated carbocycles. The zero-order valence-electron chi connectivity index (χ0n) is 12.8. The first-order chi connectivity index (χ1) is 9.99. The van der Waals surface area contributed by atoms with Gasteiger partial charge in [-0.25, -0.2) is 9.97 Å². The molecule has 21 heavy (non-hydrogen) atoms. The maximum absolute atomic E-state index is 12.0. The van der Waals surface area contributed by atoms with Crippen molar-refractivity contribution in [2.75, 3.05) is 19.6 Å². The van der Waals surface area contributed by atoms with E-state index in [0.29, 0.717) is 32.5 Å². The van der Waals surface area contributed by atoms with Crippen LogP contribution in [0.25, 0.3) is 0 Å².